The maximum absolute atomic E-state index is 13.2. The minimum atomic E-state index is -4.20. The van der Waals surface area contributed by atoms with Gasteiger partial charge in [-0.05, 0) is 42.8 Å². The van der Waals surface area contributed by atoms with Crippen molar-refractivity contribution in [2.24, 2.45) is 14.1 Å². The van der Waals surface area contributed by atoms with Gasteiger partial charge in [-0.3, -0.25) is 13.9 Å². The van der Waals surface area contributed by atoms with Gasteiger partial charge in [-0.2, -0.15) is 0 Å². The fraction of sp³-hybridized carbons (Fsp3) is 0.200. The Hall–Kier alpha value is -4.25. The fourth-order valence-electron chi connectivity index (χ4n) is 3.66. The molecule has 0 unspecified atom stereocenters. The number of benzene rings is 3. The van der Waals surface area contributed by atoms with Crippen molar-refractivity contribution in [3.63, 3.8) is 0 Å². The molecule has 2 N–H and O–H groups in total. The summed E-state index contributed by atoms with van der Waals surface area (Å²) in [6, 6.07) is 15.0. The number of carboxylic acids is 1. The monoisotopic (exact) mass is 511 g/mol. The Balaban J connectivity index is 1.80. The first-order valence-electron chi connectivity index (χ1n) is 11.1. The second-order valence-electron chi connectivity index (χ2n) is 8.10. The zero-order chi connectivity index (χ0) is 26.0. The number of rotatable bonds is 9. The van der Waals surface area contributed by atoms with E-state index in [0.717, 1.165) is 12.5 Å². The van der Waals surface area contributed by atoms with E-state index < -0.39 is 16.0 Å². The molecular formula is C25H25N3O7S. The molecule has 3 aromatic carbocycles. The Morgan fingerprint density at radius 1 is 0.972 bits per heavy atom. The first-order valence-corrected chi connectivity index (χ1v) is 12.6. The third-order valence-electron chi connectivity index (χ3n) is 5.52. The molecule has 0 saturated carbocycles. The molecule has 0 spiro atoms. The third kappa shape index (κ3) is 4.91. The van der Waals surface area contributed by atoms with E-state index >= 15 is 0 Å². The van der Waals surface area contributed by atoms with Gasteiger partial charge in [-0.25, -0.2) is 18.0 Å². The largest absolute Gasteiger partial charge is 0.493 e. The highest BCUT2D eigenvalue weighted by molar-refractivity contribution is 7.92. The Labute approximate surface area is 207 Å². The van der Waals surface area contributed by atoms with Gasteiger partial charge < -0.3 is 14.6 Å². The number of fused-ring (bicyclic) bond motifs is 1. The highest BCUT2D eigenvalue weighted by Gasteiger charge is 2.21. The zero-order valence-electron chi connectivity index (χ0n) is 19.9. The van der Waals surface area contributed by atoms with Crippen molar-refractivity contribution < 1.29 is 27.8 Å². The van der Waals surface area contributed by atoms with Crippen molar-refractivity contribution in [1.82, 2.24) is 9.13 Å². The molecule has 0 aliphatic heterocycles. The Morgan fingerprint density at radius 2 is 1.64 bits per heavy atom. The molecule has 0 saturated heterocycles. The van der Waals surface area contributed by atoms with Gasteiger partial charge in [0.1, 0.15) is 11.5 Å². The number of hydrogen-bond donors (Lipinski definition) is 2. The zero-order valence-corrected chi connectivity index (χ0v) is 20.7. The van der Waals surface area contributed by atoms with Crippen LogP contribution in [-0.2, 0) is 24.1 Å². The molecule has 36 heavy (non-hydrogen) atoms. The molecule has 1 heterocycles. The number of aromatic nitrogens is 2. The second-order valence-corrected chi connectivity index (χ2v) is 9.78. The summed E-state index contributed by atoms with van der Waals surface area (Å²) in [5, 5.41) is 9.25. The number of hydrogen-bond acceptors (Lipinski definition) is 6. The number of sulfonamides is 1. The van der Waals surface area contributed by atoms with Crippen LogP contribution in [0.15, 0.2) is 70.4 Å². The predicted molar refractivity (Wildman–Crippen MR) is 135 cm³/mol. The summed E-state index contributed by atoms with van der Waals surface area (Å²) in [4.78, 5) is 23.6. The molecule has 11 heteroatoms. The van der Waals surface area contributed by atoms with Crippen LogP contribution in [0.1, 0.15) is 23.7 Å². The third-order valence-corrected chi connectivity index (χ3v) is 6.88. The average molecular weight is 512 g/mol. The molecule has 0 aliphatic rings. The van der Waals surface area contributed by atoms with Crippen LogP contribution in [0.5, 0.6) is 17.2 Å². The summed E-state index contributed by atoms with van der Waals surface area (Å²) < 4.78 is 43.4. The summed E-state index contributed by atoms with van der Waals surface area (Å²) in [5.74, 6) is -0.108. The van der Waals surface area contributed by atoms with Crippen LogP contribution < -0.4 is 19.9 Å². The minimum Gasteiger partial charge on any atom is -0.493 e. The number of carboxylic acid groups (broad SMARTS) is 1. The van der Waals surface area contributed by atoms with Crippen molar-refractivity contribution in [3.05, 3.63) is 76.7 Å². The van der Waals surface area contributed by atoms with Gasteiger partial charge in [0.15, 0.2) is 5.75 Å². The molecule has 0 amide bonds. The molecule has 10 nitrogen and oxygen atoms in total. The standard InChI is InChI=1S/C25H25N3O7S/c1-4-11-34-17-8-6-9-18(13-17)35-23-15-22-21(27(2)25(31)28(22)3)14-20(23)26-36(32,33)19-10-5-7-16(12-19)24(29)30/h5-10,12-15,26H,4,11H2,1-3H3,(H,29,30). The maximum atomic E-state index is 13.2. The normalized spacial score (nSPS) is 11.4. The number of carbonyl (C=O) groups is 1. The summed E-state index contributed by atoms with van der Waals surface area (Å²) >= 11 is 0. The van der Waals surface area contributed by atoms with E-state index in [4.69, 9.17) is 9.47 Å². The van der Waals surface area contributed by atoms with Crippen LogP contribution in [0.3, 0.4) is 0 Å². The molecule has 0 aliphatic carbocycles. The van der Waals surface area contributed by atoms with Crippen molar-refractivity contribution in [3.8, 4) is 17.2 Å². The second kappa shape index (κ2) is 9.78. The number of anilines is 1. The quantitative estimate of drug-likeness (QED) is 0.348. The lowest BCUT2D eigenvalue weighted by atomic mass is 10.2. The number of ether oxygens (including phenoxy) is 2. The van der Waals surface area contributed by atoms with Crippen LogP contribution in [-0.4, -0.2) is 35.2 Å². The van der Waals surface area contributed by atoms with Gasteiger partial charge in [0, 0.05) is 26.2 Å². The van der Waals surface area contributed by atoms with Crippen LogP contribution in [0, 0.1) is 0 Å². The lowest BCUT2D eigenvalue weighted by molar-refractivity contribution is 0.0696. The van der Waals surface area contributed by atoms with E-state index in [0.29, 0.717) is 29.1 Å². The molecule has 1 aromatic heterocycles. The van der Waals surface area contributed by atoms with E-state index in [9.17, 15) is 23.1 Å². The van der Waals surface area contributed by atoms with Gasteiger partial charge in [0.25, 0.3) is 10.0 Å². The van der Waals surface area contributed by atoms with Gasteiger partial charge >= 0.3 is 11.7 Å². The van der Waals surface area contributed by atoms with E-state index in [1.54, 1.807) is 44.4 Å². The van der Waals surface area contributed by atoms with Gasteiger partial charge in [0.2, 0.25) is 0 Å². The fourth-order valence-corrected chi connectivity index (χ4v) is 4.77. The average Bonchev–Trinajstić information content (AvgIpc) is 3.06. The Bertz CT molecular complexity index is 1620. The number of imidazole rings is 1. The minimum absolute atomic E-state index is 0.0734. The predicted octanol–water partition coefficient (Wildman–Crippen LogP) is 3.96. The van der Waals surface area contributed by atoms with Crippen molar-refractivity contribution in [2.45, 2.75) is 18.2 Å². The topological polar surface area (TPSA) is 129 Å². The molecule has 188 valence electrons. The molecular weight excluding hydrogens is 486 g/mol. The highest BCUT2D eigenvalue weighted by Crippen LogP contribution is 2.36. The summed E-state index contributed by atoms with van der Waals surface area (Å²) in [5.41, 5.74) is 0.627. The molecule has 4 aromatic rings. The first-order chi connectivity index (χ1) is 17.1. The Kier molecular flexibility index (Phi) is 6.75. The number of aryl methyl sites for hydroxylation is 2. The Morgan fingerprint density at radius 3 is 2.33 bits per heavy atom. The van der Waals surface area contributed by atoms with E-state index in [1.807, 2.05) is 6.92 Å². The van der Waals surface area contributed by atoms with Crippen LogP contribution in [0.2, 0.25) is 0 Å². The first kappa shape index (κ1) is 24.9. The van der Waals surface area contributed by atoms with Gasteiger partial charge in [0.05, 0.1) is 33.8 Å². The van der Waals surface area contributed by atoms with Crippen molar-refractivity contribution in [2.75, 3.05) is 11.3 Å². The smallest absolute Gasteiger partial charge is 0.335 e. The van der Waals surface area contributed by atoms with Crippen molar-refractivity contribution >= 4 is 32.7 Å². The lowest BCUT2D eigenvalue weighted by Crippen LogP contribution is -2.19. The molecule has 0 fully saturated rings. The highest BCUT2D eigenvalue weighted by atomic mass is 32.2. The lowest BCUT2D eigenvalue weighted by Gasteiger charge is -2.15. The van der Waals surface area contributed by atoms with Crippen LogP contribution >= 0.6 is 0 Å². The van der Waals surface area contributed by atoms with Gasteiger partial charge in [-0.15, -0.1) is 0 Å². The number of aromatic carboxylic acids is 1. The van der Waals surface area contributed by atoms with E-state index in [-0.39, 0.29) is 27.6 Å². The van der Waals surface area contributed by atoms with Gasteiger partial charge in [-0.1, -0.05) is 19.1 Å². The summed E-state index contributed by atoms with van der Waals surface area (Å²) in [6.07, 6.45) is 0.832. The number of nitrogens with one attached hydrogen (secondary N) is 1. The van der Waals surface area contributed by atoms with Crippen LogP contribution in [0.4, 0.5) is 5.69 Å². The molecule has 0 bridgehead atoms. The van der Waals surface area contributed by atoms with Crippen LogP contribution in [0.25, 0.3) is 11.0 Å². The molecule has 0 atom stereocenters. The molecule has 0 radical (unpaired) electrons. The van der Waals surface area contributed by atoms with E-state index in [1.165, 1.54) is 33.4 Å². The summed E-state index contributed by atoms with van der Waals surface area (Å²) in [7, 11) is -1.02. The maximum Gasteiger partial charge on any atom is 0.335 e. The van der Waals surface area contributed by atoms with Crippen molar-refractivity contribution in [1.29, 1.82) is 0 Å². The van der Waals surface area contributed by atoms with E-state index in [2.05, 4.69) is 4.72 Å². The molecule has 4 rings (SSSR count). The summed E-state index contributed by atoms with van der Waals surface area (Å²) in [6.45, 7) is 2.52. The SMILES string of the molecule is CCCOc1cccc(Oc2cc3c(cc2NS(=O)(=O)c2cccc(C(=O)O)c2)n(C)c(=O)n3C)c1. The number of nitrogens with zero attached hydrogens (tertiary/aromatic N) is 2.